The Labute approximate surface area is 104 Å². The molecule has 0 radical (unpaired) electrons. The van der Waals surface area contributed by atoms with Crippen molar-refractivity contribution in [3.8, 4) is 0 Å². The molecule has 1 saturated carbocycles. The van der Waals surface area contributed by atoms with Crippen LogP contribution in [-0.4, -0.2) is 29.4 Å². The van der Waals surface area contributed by atoms with Gasteiger partial charge in [-0.05, 0) is 45.2 Å². The van der Waals surface area contributed by atoms with Crippen LogP contribution in [0.4, 0.5) is 0 Å². The van der Waals surface area contributed by atoms with Gasteiger partial charge in [0.25, 0.3) is 0 Å². The van der Waals surface area contributed by atoms with Crippen LogP contribution in [0.1, 0.15) is 52.4 Å². The summed E-state index contributed by atoms with van der Waals surface area (Å²) in [5.74, 6) is 0.851. The molecule has 0 aromatic rings. The molecule has 0 N–H and O–H groups in total. The molecule has 1 aliphatic rings. The quantitative estimate of drug-likeness (QED) is 0.684. The fourth-order valence-electron chi connectivity index (χ4n) is 2.48. The highest BCUT2D eigenvalue weighted by Crippen LogP contribution is 2.28. The molecule has 15 heavy (non-hydrogen) atoms. The summed E-state index contributed by atoms with van der Waals surface area (Å²) in [6.07, 6.45) is 8.29. The summed E-state index contributed by atoms with van der Waals surface area (Å²) in [6.45, 7) is 5.90. The maximum atomic E-state index is 3.83. The number of nitrogens with zero attached hydrogens (tertiary/aromatic N) is 1. The van der Waals surface area contributed by atoms with Crippen molar-refractivity contribution >= 4 is 15.9 Å². The van der Waals surface area contributed by atoms with Crippen LogP contribution in [0.15, 0.2) is 0 Å². The van der Waals surface area contributed by atoms with E-state index in [-0.39, 0.29) is 0 Å². The monoisotopic (exact) mass is 275 g/mol. The highest BCUT2D eigenvalue weighted by atomic mass is 79.9. The molecule has 2 unspecified atom stereocenters. The largest absolute Gasteiger partial charge is 0.302 e. The fourth-order valence-corrected chi connectivity index (χ4v) is 3.47. The van der Waals surface area contributed by atoms with E-state index >= 15 is 0 Å². The third-order valence-electron chi connectivity index (χ3n) is 3.51. The zero-order chi connectivity index (χ0) is 11.3. The zero-order valence-corrected chi connectivity index (χ0v) is 12.1. The molecule has 0 aromatic heterocycles. The molecule has 0 spiro atoms. The lowest BCUT2D eigenvalue weighted by molar-refractivity contribution is 0.195. The number of halogens is 1. The van der Waals surface area contributed by atoms with Crippen molar-refractivity contribution in [1.82, 2.24) is 4.90 Å². The maximum Gasteiger partial charge on any atom is 0.0301 e. The van der Waals surface area contributed by atoms with Crippen molar-refractivity contribution in [2.24, 2.45) is 5.92 Å². The van der Waals surface area contributed by atoms with Gasteiger partial charge in [0.15, 0.2) is 0 Å². The van der Waals surface area contributed by atoms with Gasteiger partial charge in [-0.15, -0.1) is 0 Å². The first-order chi connectivity index (χ1) is 7.11. The van der Waals surface area contributed by atoms with E-state index in [1.54, 1.807) is 0 Å². The molecule has 0 bridgehead atoms. The fraction of sp³-hybridized carbons (Fsp3) is 1.00. The lowest BCUT2D eigenvalue weighted by atomic mass is 9.94. The molecule has 0 saturated heterocycles. The molecule has 90 valence electrons. The average molecular weight is 276 g/mol. The van der Waals surface area contributed by atoms with E-state index in [2.05, 4.69) is 41.7 Å². The Bertz CT molecular complexity index is 170. The highest BCUT2D eigenvalue weighted by molar-refractivity contribution is 9.09. The van der Waals surface area contributed by atoms with E-state index < -0.39 is 0 Å². The Hall–Kier alpha value is 0.440. The minimum Gasteiger partial charge on any atom is -0.302 e. The standard InChI is InChI=1S/C13H26BrN/c1-11(2)7-6-10-15(3)13-9-5-4-8-12(13)14/h11-13H,4-10H2,1-3H3. The van der Waals surface area contributed by atoms with Crippen molar-refractivity contribution < 1.29 is 0 Å². The summed E-state index contributed by atoms with van der Waals surface area (Å²) in [6, 6.07) is 0.783. The Morgan fingerprint density at radius 2 is 1.93 bits per heavy atom. The van der Waals surface area contributed by atoms with E-state index in [9.17, 15) is 0 Å². The van der Waals surface area contributed by atoms with Gasteiger partial charge in [0.1, 0.15) is 0 Å². The number of hydrogen-bond donors (Lipinski definition) is 0. The smallest absolute Gasteiger partial charge is 0.0301 e. The maximum absolute atomic E-state index is 3.83. The third kappa shape index (κ3) is 4.86. The lowest BCUT2D eigenvalue weighted by Crippen LogP contribution is -2.41. The van der Waals surface area contributed by atoms with E-state index in [1.165, 1.54) is 45.1 Å². The van der Waals surface area contributed by atoms with E-state index in [0.717, 1.165) is 16.8 Å². The normalized spacial score (nSPS) is 27.6. The van der Waals surface area contributed by atoms with Crippen molar-refractivity contribution in [3.05, 3.63) is 0 Å². The summed E-state index contributed by atoms with van der Waals surface area (Å²) in [5.41, 5.74) is 0. The van der Waals surface area contributed by atoms with Crippen LogP contribution in [0.2, 0.25) is 0 Å². The molecule has 1 rings (SSSR count). The molecule has 0 aromatic carbocycles. The van der Waals surface area contributed by atoms with Gasteiger partial charge in [-0.25, -0.2) is 0 Å². The molecule has 0 heterocycles. The van der Waals surface area contributed by atoms with Gasteiger partial charge >= 0.3 is 0 Å². The topological polar surface area (TPSA) is 3.24 Å². The first-order valence-electron chi connectivity index (χ1n) is 6.45. The Balaban J connectivity index is 2.22. The summed E-state index contributed by atoms with van der Waals surface area (Å²) in [5, 5.41) is 0. The van der Waals surface area contributed by atoms with Gasteiger partial charge in [0.2, 0.25) is 0 Å². The zero-order valence-electron chi connectivity index (χ0n) is 10.5. The van der Waals surface area contributed by atoms with Gasteiger partial charge < -0.3 is 4.90 Å². The molecular weight excluding hydrogens is 250 g/mol. The van der Waals surface area contributed by atoms with E-state index in [4.69, 9.17) is 0 Å². The highest BCUT2D eigenvalue weighted by Gasteiger charge is 2.25. The molecule has 0 aliphatic heterocycles. The first kappa shape index (κ1) is 13.5. The second-order valence-corrected chi connectivity index (χ2v) is 6.56. The number of alkyl halides is 1. The number of hydrogen-bond acceptors (Lipinski definition) is 1. The van der Waals surface area contributed by atoms with Crippen LogP contribution in [0.25, 0.3) is 0 Å². The van der Waals surface area contributed by atoms with Crippen molar-refractivity contribution in [3.63, 3.8) is 0 Å². The predicted octanol–water partition coefficient (Wildman–Crippen LogP) is 4.06. The first-order valence-corrected chi connectivity index (χ1v) is 7.37. The van der Waals surface area contributed by atoms with Crippen LogP contribution in [0.5, 0.6) is 0 Å². The van der Waals surface area contributed by atoms with Crippen LogP contribution in [0, 0.1) is 5.92 Å². The van der Waals surface area contributed by atoms with Gasteiger partial charge in [-0.1, -0.05) is 42.6 Å². The van der Waals surface area contributed by atoms with Crippen LogP contribution >= 0.6 is 15.9 Å². The molecule has 2 heteroatoms. The van der Waals surface area contributed by atoms with Gasteiger partial charge in [0.05, 0.1) is 0 Å². The van der Waals surface area contributed by atoms with Gasteiger partial charge in [-0.3, -0.25) is 0 Å². The van der Waals surface area contributed by atoms with Crippen LogP contribution < -0.4 is 0 Å². The average Bonchev–Trinajstić information content (AvgIpc) is 2.17. The Morgan fingerprint density at radius 1 is 1.27 bits per heavy atom. The third-order valence-corrected chi connectivity index (χ3v) is 4.57. The summed E-state index contributed by atoms with van der Waals surface area (Å²) in [7, 11) is 2.30. The number of rotatable bonds is 5. The minimum atomic E-state index is 0.732. The van der Waals surface area contributed by atoms with Crippen LogP contribution in [-0.2, 0) is 0 Å². The molecule has 1 nitrogen and oxygen atoms in total. The van der Waals surface area contributed by atoms with Gasteiger partial charge in [0, 0.05) is 10.9 Å². The second-order valence-electron chi connectivity index (χ2n) is 5.38. The second kappa shape index (κ2) is 6.90. The SMILES string of the molecule is CC(C)CCCN(C)C1CCCCC1Br. The lowest BCUT2D eigenvalue weighted by Gasteiger charge is -2.35. The molecule has 0 amide bonds. The van der Waals surface area contributed by atoms with Gasteiger partial charge in [-0.2, -0.15) is 0 Å². The molecule has 2 atom stereocenters. The summed E-state index contributed by atoms with van der Waals surface area (Å²) in [4.78, 5) is 3.30. The molecular formula is C13H26BrN. The Kier molecular flexibility index (Phi) is 6.21. The predicted molar refractivity (Wildman–Crippen MR) is 71.7 cm³/mol. The van der Waals surface area contributed by atoms with Crippen LogP contribution in [0.3, 0.4) is 0 Å². The molecule has 1 aliphatic carbocycles. The Morgan fingerprint density at radius 3 is 2.53 bits per heavy atom. The van der Waals surface area contributed by atoms with Crippen molar-refractivity contribution in [2.45, 2.75) is 63.2 Å². The minimum absolute atomic E-state index is 0.732. The van der Waals surface area contributed by atoms with E-state index in [0.29, 0.717) is 0 Å². The summed E-state index contributed by atoms with van der Waals surface area (Å²) >= 11 is 3.83. The molecule has 1 fully saturated rings. The van der Waals surface area contributed by atoms with Crippen molar-refractivity contribution in [2.75, 3.05) is 13.6 Å². The summed E-state index contributed by atoms with van der Waals surface area (Å²) < 4.78 is 0. The van der Waals surface area contributed by atoms with Crippen molar-refractivity contribution in [1.29, 1.82) is 0 Å². The van der Waals surface area contributed by atoms with E-state index in [1.807, 2.05) is 0 Å².